The average Bonchev–Trinajstić information content (AvgIpc) is 2.67. The van der Waals surface area contributed by atoms with E-state index in [4.69, 9.17) is 5.73 Å². The van der Waals surface area contributed by atoms with Crippen molar-refractivity contribution >= 4 is 0 Å². The molecule has 1 aliphatic carbocycles. The van der Waals surface area contributed by atoms with E-state index in [9.17, 15) is 0 Å². The molecule has 3 heteroatoms. The van der Waals surface area contributed by atoms with Crippen LogP contribution in [0.3, 0.4) is 0 Å². The summed E-state index contributed by atoms with van der Waals surface area (Å²) < 4.78 is 2.30. The van der Waals surface area contributed by atoms with Crippen LogP contribution in [-0.2, 0) is 6.42 Å². The summed E-state index contributed by atoms with van der Waals surface area (Å²) in [5, 5.41) is 0. The quantitative estimate of drug-likeness (QED) is 0.796. The second kappa shape index (κ2) is 3.73. The summed E-state index contributed by atoms with van der Waals surface area (Å²) in [5.74, 6) is 0.620. The predicted octanol–water partition coefficient (Wildman–Crippen LogP) is 1.84. The van der Waals surface area contributed by atoms with Gasteiger partial charge in [0.15, 0.2) is 0 Å². The van der Waals surface area contributed by atoms with E-state index in [0.717, 1.165) is 13.0 Å². The van der Waals surface area contributed by atoms with Crippen LogP contribution >= 0.6 is 0 Å². The molecule has 1 aromatic rings. The van der Waals surface area contributed by atoms with Gasteiger partial charge in [0.1, 0.15) is 0 Å². The number of nitrogens with two attached hydrogens (primary N) is 1. The third-order valence-electron chi connectivity index (χ3n) is 3.12. The molecule has 1 atom stereocenters. The third-order valence-corrected chi connectivity index (χ3v) is 3.12. The molecule has 1 aliphatic rings. The summed E-state index contributed by atoms with van der Waals surface area (Å²) in [6, 6.07) is 0.530. The van der Waals surface area contributed by atoms with Crippen LogP contribution in [0.2, 0.25) is 0 Å². The van der Waals surface area contributed by atoms with Gasteiger partial charge in [-0.05, 0) is 39.7 Å². The average molecular weight is 193 g/mol. The lowest BCUT2D eigenvalue weighted by Gasteiger charge is -2.09. The Bertz CT molecular complexity index is 314. The van der Waals surface area contributed by atoms with Gasteiger partial charge < -0.3 is 10.3 Å². The number of hydrogen-bond acceptors (Lipinski definition) is 2. The molecule has 0 fully saturated rings. The highest BCUT2D eigenvalue weighted by atomic mass is 15.1. The summed E-state index contributed by atoms with van der Waals surface area (Å²) in [5.41, 5.74) is 8.35. The molecular weight excluding hydrogens is 174 g/mol. The Morgan fingerprint density at radius 1 is 1.64 bits per heavy atom. The van der Waals surface area contributed by atoms with Crippen molar-refractivity contribution in [2.45, 2.75) is 45.1 Å². The zero-order valence-corrected chi connectivity index (χ0v) is 9.03. The van der Waals surface area contributed by atoms with Crippen molar-refractivity contribution < 1.29 is 0 Å². The summed E-state index contributed by atoms with van der Waals surface area (Å²) in [6.45, 7) is 5.19. The molecule has 0 saturated carbocycles. The number of nitrogens with zero attached hydrogens (tertiary/aromatic N) is 2. The topological polar surface area (TPSA) is 43.8 Å². The van der Waals surface area contributed by atoms with Crippen LogP contribution in [0.1, 0.15) is 50.0 Å². The van der Waals surface area contributed by atoms with E-state index in [1.54, 1.807) is 0 Å². The van der Waals surface area contributed by atoms with Crippen molar-refractivity contribution in [1.82, 2.24) is 9.55 Å². The minimum atomic E-state index is 0.530. The lowest BCUT2D eigenvalue weighted by atomic mass is 10.0. The molecule has 0 radical (unpaired) electrons. The minimum Gasteiger partial charge on any atom is -0.332 e. The van der Waals surface area contributed by atoms with E-state index in [1.807, 2.05) is 6.33 Å². The van der Waals surface area contributed by atoms with Gasteiger partial charge >= 0.3 is 0 Å². The molecule has 0 aromatic carbocycles. The Labute approximate surface area is 85.3 Å². The van der Waals surface area contributed by atoms with E-state index in [1.165, 1.54) is 24.2 Å². The molecule has 1 aromatic heterocycles. The first kappa shape index (κ1) is 9.71. The van der Waals surface area contributed by atoms with Crippen molar-refractivity contribution in [2.75, 3.05) is 6.54 Å². The maximum Gasteiger partial charge on any atom is 0.0954 e. The Balaban J connectivity index is 2.25. The van der Waals surface area contributed by atoms with Crippen LogP contribution in [0.25, 0.3) is 0 Å². The Morgan fingerprint density at radius 2 is 2.43 bits per heavy atom. The van der Waals surface area contributed by atoms with Crippen molar-refractivity contribution in [3.63, 3.8) is 0 Å². The van der Waals surface area contributed by atoms with Crippen molar-refractivity contribution in [3.8, 4) is 0 Å². The zero-order valence-electron chi connectivity index (χ0n) is 9.03. The second-order valence-electron chi connectivity index (χ2n) is 4.39. The Hall–Kier alpha value is -0.830. The van der Waals surface area contributed by atoms with Gasteiger partial charge in [-0.1, -0.05) is 0 Å². The van der Waals surface area contributed by atoms with E-state index in [0.29, 0.717) is 12.0 Å². The lowest BCUT2D eigenvalue weighted by Crippen LogP contribution is -2.05. The van der Waals surface area contributed by atoms with Gasteiger partial charge in [-0.2, -0.15) is 0 Å². The summed E-state index contributed by atoms with van der Waals surface area (Å²) in [7, 11) is 0. The van der Waals surface area contributed by atoms with Gasteiger partial charge in [-0.25, -0.2) is 4.98 Å². The van der Waals surface area contributed by atoms with Crippen LogP contribution < -0.4 is 5.73 Å². The summed E-state index contributed by atoms with van der Waals surface area (Å²) in [4.78, 5) is 4.53. The van der Waals surface area contributed by atoms with Crippen LogP contribution in [0, 0.1) is 0 Å². The third kappa shape index (κ3) is 1.46. The van der Waals surface area contributed by atoms with Crippen molar-refractivity contribution in [2.24, 2.45) is 5.73 Å². The first-order valence-corrected chi connectivity index (χ1v) is 5.49. The first-order valence-electron chi connectivity index (χ1n) is 5.49. The Morgan fingerprint density at radius 3 is 3.07 bits per heavy atom. The SMILES string of the molecule is CC(C)n1cnc2c1CCC2CCN. The fraction of sp³-hybridized carbons (Fsp3) is 0.727. The maximum absolute atomic E-state index is 5.60. The van der Waals surface area contributed by atoms with Crippen molar-refractivity contribution in [3.05, 3.63) is 17.7 Å². The molecule has 2 rings (SSSR count). The molecule has 0 spiro atoms. The number of rotatable bonds is 3. The molecule has 0 saturated heterocycles. The number of aromatic nitrogens is 2. The molecule has 14 heavy (non-hydrogen) atoms. The fourth-order valence-electron chi connectivity index (χ4n) is 2.37. The van der Waals surface area contributed by atoms with Gasteiger partial charge in [0.05, 0.1) is 12.0 Å². The van der Waals surface area contributed by atoms with E-state index in [-0.39, 0.29) is 0 Å². The highest BCUT2D eigenvalue weighted by molar-refractivity contribution is 5.24. The van der Waals surface area contributed by atoms with Gasteiger partial charge in [0.25, 0.3) is 0 Å². The number of hydrogen-bond donors (Lipinski definition) is 1. The summed E-state index contributed by atoms with van der Waals surface area (Å²) in [6.07, 6.45) is 5.49. The zero-order chi connectivity index (χ0) is 10.1. The van der Waals surface area contributed by atoms with Gasteiger partial charge in [-0.3, -0.25) is 0 Å². The van der Waals surface area contributed by atoms with E-state index in [2.05, 4.69) is 23.4 Å². The fourth-order valence-corrected chi connectivity index (χ4v) is 2.37. The number of imidazole rings is 1. The molecule has 1 heterocycles. The highest BCUT2D eigenvalue weighted by Gasteiger charge is 2.26. The lowest BCUT2D eigenvalue weighted by molar-refractivity contribution is 0.565. The Kier molecular flexibility index (Phi) is 2.59. The van der Waals surface area contributed by atoms with Gasteiger partial charge in [0.2, 0.25) is 0 Å². The van der Waals surface area contributed by atoms with Gasteiger partial charge in [-0.15, -0.1) is 0 Å². The maximum atomic E-state index is 5.60. The van der Waals surface area contributed by atoms with Crippen LogP contribution in [0.5, 0.6) is 0 Å². The smallest absolute Gasteiger partial charge is 0.0954 e. The monoisotopic (exact) mass is 193 g/mol. The van der Waals surface area contributed by atoms with Gasteiger partial charge in [0, 0.05) is 17.7 Å². The first-order chi connectivity index (χ1) is 6.74. The molecule has 0 aliphatic heterocycles. The van der Waals surface area contributed by atoms with Crippen LogP contribution in [-0.4, -0.2) is 16.1 Å². The molecule has 78 valence electrons. The van der Waals surface area contributed by atoms with Crippen LogP contribution in [0.4, 0.5) is 0 Å². The van der Waals surface area contributed by atoms with E-state index < -0.39 is 0 Å². The second-order valence-corrected chi connectivity index (χ2v) is 4.39. The molecule has 3 nitrogen and oxygen atoms in total. The molecule has 0 amide bonds. The normalized spacial score (nSPS) is 20.4. The predicted molar refractivity (Wildman–Crippen MR) is 57.3 cm³/mol. The molecular formula is C11H19N3. The molecule has 2 N–H and O–H groups in total. The van der Waals surface area contributed by atoms with Crippen LogP contribution in [0.15, 0.2) is 6.33 Å². The van der Waals surface area contributed by atoms with E-state index >= 15 is 0 Å². The largest absolute Gasteiger partial charge is 0.332 e. The standard InChI is InChI=1S/C11H19N3/c1-8(2)14-7-13-11-9(5-6-12)3-4-10(11)14/h7-9H,3-6,12H2,1-2H3. The summed E-state index contributed by atoms with van der Waals surface area (Å²) >= 11 is 0. The van der Waals surface area contributed by atoms with Crippen molar-refractivity contribution in [1.29, 1.82) is 0 Å². The minimum absolute atomic E-state index is 0.530. The number of fused-ring (bicyclic) bond motifs is 1. The highest BCUT2D eigenvalue weighted by Crippen LogP contribution is 2.34. The molecule has 0 bridgehead atoms. The molecule has 1 unspecified atom stereocenters.